The summed E-state index contributed by atoms with van der Waals surface area (Å²) in [7, 11) is 0. The van der Waals surface area contributed by atoms with Gasteiger partial charge in [0.25, 0.3) is 0 Å². The molecule has 1 heterocycles. The average molecular weight is 362 g/mol. The van der Waals surface area contributed by atoms with Gasteiger partial charge in [0.15, 0.2) is 0 Å². The maximum absolute atomic E-state index is 11.1. The number of benzene rings is 2. The second kappa shape index (κ2) is 8.64. The first-order valence-corrected chi connectivity index (χ1v) is 9.17. The lowest BCUT2D eigenvalue weighted by molar-refractivity contribution is -0.114. The number of aromatic nitrogens is 2. The predicted molar refractivity (Wildman–Crippen MR) is 109 cm³/mol. The summed E-state index contributed by atoms with van der Waals surface area (Å²) in [5.74, 6) is -0.0562. The molecule has 3 aromatic rings. The Bertz CT molecular complexity index is 898. The van der Waals surface area contributed by atoms with Gasteiger partial charge in [0.2, 0.25) is 5.91 Å². The van der Waals surface area contributed by atoms with Crippen molar-refractivity contribution in [3.63, 3.8) is 0 Å². The van der Waals surface area contributed by atoms with Crippen LogP contribution in [0.3, 0.4) is 0 Å². The van der Waals surface area contributed by atoms with Gasteiger partial charge in [0.05, 0.1) is 12.2 Å². The molecule has 3 rings (SSSR count). The number of amides is 1. The molecule has 27 heavy (non-hydrogen) atoms. The minimum Gasteiger partial charge on any atom is -0.326 e. The Morgan fingerprint density at radius 2 is 1.67 bits per heavy atom. The number of carbonyl (C=O) groups excluding carboxylic acids is 1. The van der Waals surface area contributed by atoms with Gasteiger partial charge in [0, 0.05) is 37.0 Å². The summed E-state index contributed by atoms with van der Waals surface area (Å²) < 4.78 is 2.07. The van der Waals surface area contributed by atoms with Crippen LogP contribution in [0.1, 0.15) is 35.0 Å². The summed E-state index contributed by atoms with van der Waals surface area (Å²) in [4.78, 5) is 11.1. The average Bonchev–Trinajstić information content (AvgIpc) is 2.91. The number of carbonyl (C=O) groups is 1. The van der Waals surface area contributed by atoms with Crippen molar-refractivity contribution in [2.75, 3.05) is 5.32 Å². The first-order chi connectivity index (χ1) is 13.0. The molecule has 0 radical (unpaired) electrons. The standard InChI is InChI=1S/C22H26N4O/c1-16-22(17(2)26(25-16)15-20-7-5-4-6-8-20)14-23-13-19-9-11-21(12-10-19)24-18(3)27/h4-12,23H,13-15H2,1-3H3,(H,24,27). The lowest BCUT2D eigenvalue weighted by atomic mass is 10.1. The van der Waals surface area contributed by atoms with E-state index in [0.29, 0.717) is 0 Å². The van der Waals surface area contributed by atoms with E-state index in [1.807, 2.05) is 30.3 Å². The van der Waals surface area contributed by atoms with Gasteiger partial charge in [-0.15, -0.1) is 0 Å². The van der Waals surface area contributed by atoms with E-state index < -0.39 is 0 Å². The molecule has 1 aromatic heterocycles. The molecule has 0 spiro atoms. The fourth-order valence-electron chi connectivity index (χ4n) is 3.14. The van der Waals surface area contributed by atoms with Gasteiger partial charge in [-0.1, -0.05) is 42.5 Å². The minimum atomic E-state index is -0.0562. The van der Waals surface area contributed by atoms with Crippen molar-refractivity contribution in [2.24, 2.45) is 0 Å². The molecule has 5 heteroatoms. The minimum absolute atomic E-state index is 0.0562. The number of nitrogens with one attached hydrogen (secondary N) is 2. The SMILES string of the molecule is CC(=O)Nc1ccc(CNCc2c(C)nn(Cc3ccccc3)c2C)cc1. The highest BCUT2D eigenvalue weighted by atomic mass is 16.1. The molecular weight excluding hydrogens is 336 g/mol. The van der Waals surface area contributed by atoms with Crippen LogP contribution in [0.25, 0.3) is 0 Å². The molecule has 1 amide bonds. The van der Waals surface area contributed by atoms with Gasteiger partial charge in [-0.25, -0.2) is 0 Å². The third kappa shape index (κ3) is 5.05. The van der Waals surface area contributed by atoms with E-state index in [-0.39, 0.29) is 5.91 Å². The van der Waals surface area contributed by atoms with Gasteiger partial charge in [-0.3, -0.25) is 9.48 Å². The molecule has 0 aliphatic heterocycles. The monoisotopic (exact) mass is 362 g/mol. The maximum atomic E-state index is 11.1. The normalized spacial score (nSPS) is 10.8. The molecular formula is C22H26N4O. The molecule has 0 atom stereocenters. The molecule has 0 aliphatic rings. The van der Waals surface area contributed by atoms with Crippen molar-refractivity contribution >= 4 is 11.6 Å². The van der Waals surface area contributed by atoms with Gasteiger partial charge in [0.1, 0.15) is 0 Å². The van der Waals surface area contributed by atoms with E-state index >= 15 is 0 Å². The van der Waals surface area contributed by atoms with Crippen LogP contribution in [0.5, 0.6) is 0 Å². The molecule has 2 aromatic carbocycles. The van der Waals surface area contributed by atoms with E-state index in [1.54, 1.807) is 0 Å². The quantitative estimate of drug-likeness (QED) is 0.672. The van der Waals surface area contributed by atoms with Crippen molar-refractivity contribution < 1.29 is 4.79 Å². The highest BCUT2D eigenvalue weighted by Crippen LogP contribution is 2.15. The molecule has 0 bridgehead atoms. The molecule has 140 valence electrons. The zero-order chi connectivity index (χ0) is 19.2. The van der Waals surface area contributed by atoms with Gasteiger partial charge < -0.3 is 10.6 Å². The zero-order valence-electron chi connectivity index (χ0n) is 16.1. The molecule has 0 unspecified atom stereocenters. The van der Waals surface area contributed by atoms with Crippen LogP contribution < -0.4 is 10.6 Å². The zero-order valence-corrected chi connectivity index (χ0v) is 16.1. The van der Waals surface area contributed by atoms with Gasteiger partial charge in [-0.2, -0.15) is 5.10 Å². The van der Waals surface area contributed by atoms with Crippen molar-refractivity contribution in [1.29, 1.82) is 0 Å². The van der Waals surface area contributed by atoms with E-state index in [4.69, 9.17) is 5.10 Å². The third-order valence-corrected chi connectivity index (χ3v) is 4.61. The largest absolute Gasteiger partial charge is 0.326 e. The lowest BCUT2D eigenvalue weighted by Gasteiger charge is -2.08. The lowest BCUT2D eigenvalue weighted by Crippen LogP contribution is -2.14. The first-order valence-electron chi connectivity index (χ1n) is 9.17. The van der Waals surface area contributed by atoms with Crippen molar-refractivity contribution in [1.82, 2.24) is 15.1 Å². The molecule has 5 nitrogen and oxygen atoms in total. The van der Waals surface area contributed by atoms with E-state index in [2.05, 4.69) is 53.4 Å². The Kier molecular flexibility index (Phi) is 6.04. The van der Waals surface area contributed by atoms with Gasteiger partial charge >= 0.3 is 0 Å². The summed E-state index contributed by atoms with van der Waals surface area (Å²) in [6, 6.07) is 18.3. The number of aryl methyl sites for hydroxylation is 1. The highest BCUT2D eigenvalue weighted by molar-refractivity contribution is 5.88. The summed E-state index contributed by atoms with van der Waals surface area (Å²) in [5.41, 5.74) is 6.76. The summed E-state index contributed by atoms with van der Waals surface area (Å²) in [6.07, 6.45) is 0. The van der Waals surface area contributed by atoms with E-state index in [9.17, 15) is 4.79 Å². The second-order valence-electron chi connectivity index (χ2n) is 6.77. The van der Waals surface area contributed by atoms with Crippen LogP contribution in [0, 0.1) is 13.8 Å². The highest BCUT2D eigenvalue weighted by Gasteiger charge is 2.11. The predicted octanol–water partition coefficient (Wildman–Crippen LogP) is 3.80. The summed E-state index contributed by atoms with van der Waals surface area (Å²) in [6.45, 7) is 8.04. The van der Waals surface area contributed by atoms with Crippen LogP contribution in [0.4, 0.5) is 5.69 Å². The Hall–Kier alpha value is -2.92. The first kappa shape index (κ1) is 18.9. The smallest absolute Gasteiger partial charge is 0.221 e. The van der Waals surface area contributed by atoms with Crippen LogP contribution in [-0.4, -0.2) is 15.7 Å². The van der Waals surface area contributed by atoms with Crippen molar-refractivity contribution in [3.8, 4) is 0 Å². The third-order valence-electron chi connectivity index (χ3n) is 4.61. The van der Waals surface area contributed by atoms with Crippen molar-refractivity contribution in [3.05, 3.63) is 82.7 Å². The molecule has 0 fully saturated rings. The van der Waals surface area contributed by atoms with Crippen LogP contribution >= 0.6 is 0 Å². The van der Waals surface area contributed by atoms with Gasteiger partial charge in [-0.05, 0) is 37.1 Å². The number of hydrogen-bond acceptors (Lipinski definition) is 3. The maximum Gasteiger partial charge on any atom is 0.221 e. The van der Waals surface area contributed by atoms with Crippen LogP contribution in [0.2, 0.25) is 0 Å². The topological polar surface area (TPSA) is 59.0 Å². The number of hydrogen-bond donors (Lipinski definition) is 2. The Labute approximate surface area is 160 Å². The fraction of sp³-hybridized carbons (Fsp3) is 0.273. The second-order valence-corrected chi connectivity index (χ2v) is 6.77. The van der Waals surface area contributed by atoms with Crippen molar-refractivity contribution in [2.45, 2.75) is 40.4 Å². The van der Waals surface area contributed by atoms with Crippen LogP contribution in [0.15, 0.2) is 54.6 Å². The molecule has 0 aliphatic carbocycles. The summed E-state index contributed by atoms with van der Waals surface area (Å²) in [5, 5.41) is 11.0. The molecule has 0 saturated carbocycles. The number of nitrogens with zero attached hydrogens (tertiary/aromatic N) is 2. The molecule has 2 N–H and O–H groups in total. The number of rotatable bonds is 7. The van der Waals surface area contributed by atoms with Crippen LogP contribution in [-0.2, 0) is 24.4 Å². The summed E-state index contributed by atoms with van der Waals surface area (Å²) >= 11 is 0. The Morgan fingerprint density at radius 3 is 2.33 bits per heavy atom. The molecule has 0 saturated heterocycles. The van der Waals surface area contributed by atoms with E-state index in [0.717, 1.165) is 31.0 Å². The fourth-order valence-corrected chi connectivity index (χ4v) is 3.14. The van der Waals surface area contributed by atoms with E-state index in [1.165, 1.54) is 29.3 Å². The Morgan fingerprint density at radius 1 is 0.963 bits per heavy atom. The Balaban J connectivity index is 1.59. The number of anilines is 1.